The molecule has 0 rings (SSSR count). The Morgan fingerprint density at radius 1 is 0.542 bits per heavy atom. The molecule has 6 unspecified atom stereocenters. The maximum Gasteiger partial charge on any atom is 2.00 e. The molecule has 0 heterocycles. The number of hydrogen-bond acceptors (Lipinski definition) is 10. The fourth-order valence-corrected chi connectivity index (χ4v) is 6.09. The van der Waals surface area contributed by atoms with E-state index in [4.69, 9.17) is 10.2 Å². The van der Waals surface area contributed by atoms with Crippen LogP contribution >= 0.6 is 0 Å². The first-order valence-corrected chi connectivity index (χ1v) is 21.0. The standard InChI is InChI=1S/2C21H38N2O6.Ca/c2*1-4-5-6-7-8-19(25)22-11-14-23(15-16-24,12-9-17(2)20(26)27)13-10-18(3)21(28)29;/h2*7-8,17-18,24H,4-6,9-16H2,1-3H3,(H2-,22,25,26,27,28,29);/q;;+2/b2*8-7+;. The van der Waals surface area contributed by atoms with Crippen LogP contribution in [0.15, 0.2) is 24.3 Å². The van der Waals surface area contributed by atoms with Crippen LogP contribution in [-0.4, -0.2) is 181 Å². The summed E-state index contributed by atoms with van der Waals surface area (Å²) < 4.78 is 0.705. The zero-order chi connectivity index (χ0) is 44.6. The summed E-state index contributed by atoms with van der Waals surface area (Å²) in [6.45, 7) is 14.7. The molecule has 2 amide bonds. The normalized spacial score (nSPS) is 15.3. The molecular formula is C42H76CaN4O12+2. The first kappa shape index (κ1) is 60.7. The Kier molecular flexibility index (Phi) is 37.1. The van der Waals surface area contributed by atoms with Crippen LogP contribution in [0.25, 0.3) is 0 Å². The van der Waals surface area contributed by atoms with Crippen molar-refractivity contribution in [3.8, 4) is 0 Å². The van der Waals surface area contributed by atoms with Crippen molar-refractivity contribution in [3.05, 3.63) is 24.3 Å². The molecule has 0 spiro atoms. The van der Waals surface area contributed by atoms with Gasteiger partial charge in [-0.3, -0.25) is 19.2 Å². The van der Waals surface area contributed by atoms with Gasteiger partial charge in [0.25, 0.3) is 0 Å². The van der Waals surface area contributed by atoms with Crippen molar-refractivity contribution in [1.29, 1.82) is 0 Å². The molecule has 0 aliphatic heterocycles. The van der Waals surface area contributed by atoms with Gasteiger partial charge in [0.2, 0.25) is 11.8 Å². The predicted molar refractivity (Wildman–Crippen MR) is 223 cm³/mol. The third-order valence-corrected chi connectivity index (χ3v) is 10.7. The molecule has 0 radical (unpaired) electrons. The van der Waals surface area contributed by atoms with Gasteiger partial charge >= 0.3 is 49.7 Å². The minimum absolute atomic E-state index is 0. The van der Waals surface area contributed by atoms with Crippen molar-refractivity contribution in [2.24, 2.45) is 23.7 Å². The van der Waals surface area contributed by atoms with Crippen molar-refractivity contribution in [3.63, 3.8) is 0 Å². The molecule has 0 aromatic rings. The molecule has 0 saturated carbocycles. The Balaban J connectivity index is -0.00000105. The summed E-state index contributed by atoms with van der Waals surface area (Å²) in [5.41, 5.74) is 0. The number of carbonyl (C=O) groups is 6. The molecule has 59 heavy (non-hydrogen) atoms. The number of nitrogens with zero attached hydrogens (tertiary/aromatic N) is 2. The van der Waals surface area contributed by atoms with E-state index in [1.165, 1.54) is 12.2 Å². The number of carboxylic acids is 4. The number of carbonyl (C=O) groups excluding carboxylic acids is 4. The van der Waals surface area contributed by atoms with Gasteiger partial charge in [-0.1, -0.05) is 79.4 Å². The molecule has 0 bridgehead atoms. The molecule has 0 aromatic heterocycles. The van der Waals surface area contributed by atoms with Gasteiger partial charge in [0, 0.05) is 49.5 Å². The number of carboxylic acid groups (broad SMARTS) is 4. The number of hydrogen-bond donors (Lipinski definition) is 6. The monoisotopic (exact) mass is 869 g/mol. The molecule has 0 aromatic carbocycles. The fraction of sp³-hybridized carbons (Fsp3) is 0.762. The topological polar surface area (TPSA) is 254 Å². The average molecular weight is 869 g/mol. The maximum absolute atomic E-state index is 11.9. The molecular weight excluding hydrogens is 793 g/mol. The van der Waals surface area contributed by atoms with Crippen molar-refractivity contribution in [2.45, 2.75) is 106 Å². The van der Waals surface area contributed by atoms with Crippen LogP contribution < -0.4 is 20.8 Å². The summed E-state index contributed by atoms with van der Waals surface area (Å²) in [6, 6.07) is 0. The fourth-order valence-electron chi connectivity index (χ4n) is 6.09. The average Bonchev–Trinajstić information content (AvgIpc) is 3.17. The van der Waals surface area contributed by atoms with Gasteiger partial charge in [-0.15, -0.1) is 0 Å². The summed E-state index contributed by atoms with van der Waals surface area (Å²) >= 11 is 0. The first-order chi connectivity index (χ1) is 27.3. The number of allylic oxidation sites excluding steroid dienone is 2. The summed E-state index contributed by atoms with van der Waals surface area (Å²) in [5, 5.41) is 65.2. The molecule has 0 aliphatic carbocycles. The van der Waals surface area contributed by atoms with Crippen LogP contribution in [0.1, 0.15) is 106 Å². The van der Waals surface area contributed by atoms with Gasteiger partial charge in [-0.25, -0.2) is 0 Å². The second-order valence-electron chi connectivity index (χ2n) is 15.7. The number of amides is 2. The van der Waals surface area contributed by atoms with Crippen molar-refractivity contribution in [1.82, 2.24) is 10.6 Å². The van der Waals surface area contributed by atoms with E-state index in [1.807, 2.05) is 12.2 Å². The van der Waals surface area contributed by atoms with E-state index in [2.05, 4.69) is 24.5 Å². The Labute approximate surface area is 382 Å². The Hall–Kier alpha value is -2.60. The molecule has 336 valence electrons. The summed E-state index contributed by atoms with van der Waals surface area (Å²) in [7, 11) is 0. The van der Waals surface area contributed by atoms with Gasteiger partial charge in [0.15, 0.2) is 0 Å². The van der Waals surface area contributed by atoms with E-state index in [-0.39, 0.29) is 62.8 Å². The van der Waals surface area contributed by atoms with E-state index < -0.39 is 47.5 Å². The summed E-state index contributed by atoms with van der Waals surface area (Å²) in [5.74, 6) is -6.77. The molecule has 16 nitrogen and oxygen atoms in total. The van der Waals surface area contributed by atoms with Gasteiger partial charge in [0.1, 0.15) is 13.1 Å². The number of rotatable bonds is 34. The number of quaternary nitrogens is 2. The quantitative estimate of drug-likeness (QED) is 0.0227. The summed E-state index contributed by atoms with van der Waals surface area (Å²) in [4.78, 5) is 68.4. The predicted octanol–water partition coefficient (Wildman–Crippen LogP) is 0.709. The largest absolute Gasteiger partial charge is 2.00 e. The molecule has 0 aliphatic rings. The van der Waals surface area contributed by atoms with Crippen LogP contribution in [0, 0.1) is 23.7 Å². The van der Waals surface area contributed by atoms with E-state index in [0.717, 1.165) is 38.5 Å². The smallest absolute Gasteiger partial charge is 0.550 e. The zero-order valence-corrected chi connectivity index (χ0v) is 39.0. The minimum atomic E-state index is -1.13. The number of aliphatic hydroxyl groups is 2. The Morgan fingerprint density at radius 3 is 1.10 bits per heavy atom. The van der Waals surface area contributed by atoms with E-state index in [9.17, 15) is 49.2 Å². The van der Waals surface area contributed by atoms with Crippen LogP contribution in [0.3, 0.4) is 0 Å². The van der Waals surface area contributed by atoms with Crippen LogP contribution in [0.4, 0.5) is 0 Å². The second kappa shape index (κ2) is 36.1. The number of aliphatic hydroxyl groups excluding tert-OH is 2. The Morgan fingerprint density at radius 2 is 0.847 bits per heavy atom. The van der Waals surface area contributed by atoms with E-state index >= 15 is 0 Å². The molecule has 6 N–H and O–H groups in total. The van der Waals surface area contributed by atoms with Gasteiger partial charge < -0.3 is 59.8 Å². The Bertz CT molecular complexity index is 1120. The van der Waals surface area contributed by atoms with Crippen LogP contribution in [-0.2, 0) is 28.8 Å². The van der Waals surface area contributed by atoms with Gasteiger partial charge in [0.05, 0.1) is 77.4 Å². The van der Waals surface area contributed by atoms with Crippen molar-refractivity contribution >= 4 is 73.4 Å². The minimum Gasteiger partial charge on any atom is -0.550 e. The molecule has 17 heteroatoms. The summed E-state index contributed by atoms with van der Waals surface area (Å²) in [6.07, 6.45) is 14.1. The number of nitrogens with one attached hydrogen (secondary N) is 2. The van der Waals surface area contributed by atoms with Gasteiger partial charge in [-0.2, -0.15) is 0 Å². The third kappa shape index (κ3) is 31.0. The molecule has 0 fully saturated rings. The third-order valence-electron chi connectivity index (χ3n) is 10.7. The SMILES string of the molecule is CCCC/C=C/C(=O)NCC[N+](CCO)(CCC(C)C(=O)[O-])CCC(C)C(=O)O.CCCC/C=C/C(=O)NCC[N+](CCO)(CCC(C)C(=O)[O-])CCC(C)C(=O)O.[Ca+2]. The van der Waals surface area contributed by atoms with Crippen molar-refractivity contribution < 1.29 is 68.4 Å². The van der Waals surface area contributed by atoms with E-state index in [1.54, 1.807) is 27.7 Å². The van der Waals surface area contributed by atoms with Crippen LogP contribution in [0.5, 0.6) is 0 Å². The number of aliphatic carboxylic acids is 4. The number of unbranched alkanes of at least 4 members (excludes halogenated alkanes) is 4. The first-order valence-electron chi connectivity index (χ1n) is 21.0. The van der Waals surface area contributed by atoms with Gasteiger partial charge in [-0.05, 0) is 25.0 Å². The maximum atomic E-state index is 11.9. The van der Waals surface area contributed by atoms with Crippen LogP contribution in [0.2, 0.25) is 0 Å². The zero-order valence-electron chi connectivity index (χ0n) is 36.8. The second-order valence-corrected chi connectivity index (χ2v) is 15.7. The molecule has 0 saturated heterocycles. The van der Waals surface area contributed by atoms with E-state index in [0.29, 0.717) is 100 Å². The molecule has 6 atom stereocenters. The van der Waals surface area contributed by atoms with Crippen molar-refractivity contribution in [2.75, 3.05) is 78.7 Å².